The van der Waals surface area contributed by atoms with E-state index in [0.717, 1.165) is 18.0 Å². The minimum atomic E-state index is 0.144. The number of halogens is 1. The van der Waals surface area contributed by atoms with Gasteiger partial charge in [-0.05, 0) is 44.9 Å². The molecule has 2 N–H and O–H groups in total. The molecule has 0 radical (unpaired) electrons. The molecule has 88 valence electrons. The topological polar surface area (TPSA) is 24.1 Å². The van der Waals surface area contributed by atoms with E-state index in [-0.39, 0.29) is 5.54 Å². The van der Waals surface area contributed by atoms with Crippen LogP contribution < -0.4 is 10.6 Å². The molecule has 1 aromatic rings. The van der Waals surface area contributed by atoms with Crippen LogP contribution in [0, 0.1) is 0 Å². The fraction of sp³-hybridized carbons (Fsp3) is 0.538. The summed E-state index contributed by atoms with van der Waals surface area (Å²) in [4.78, 5) is 0. The van der Waals surface area contributed by atoms with E-state index in [1.54, 1.807) is 0 Å². The third-order valence-electron chi connectivity index (χ3n) is 2.75. The largest absolute Gasteiger partial charge is 0.383 e. The second kappa shape index (κ2) is 4.27. The highest BCUT2D eigenvalue weighted by Gasteiger charge is 2.23. The summed E-state index contributed by atoms with van der Waals surface area (Å²) in [5, 5.41) is 7.90. The zero-order chi connectivity index (χ0) is 11.8. The average Bonchev–Trinajstić information content (AvgIpc) is 2.17. The van der Waals surface area contributed by atoms with Crippen LogP contribution in [0.1, 0.15) is 26.3 Å². The number of rotatable bonds is 1. The standard InChI is InChI=1S/C13H19ClN2/c1-13(2,3)16-9-7-10-11(14)5-4-6-12(10)15-8-9/h4-6,9,15-16H,7-8H2,1-3H3. The second-order valence-electron chi connectivity index (χ2n) is 5.44. The lowest BCUT2D eigenvalue weighted by Crippen LogP contribution is -2.49. The lowest BCUT2D eigenvalue weighted by atomic mass is 9.97. The summed E-state index contributed by atoms with van der Waals surface area (Å²) in [6.07, 6.45) is 0.999. The van der Waals surface area contributed by atoms with E-state index in [9.17, 15) is 0 Å². The first-order chi connectivity index (χ1) is 7.46. The number of hydrogen-bond donors (Lipinski definition) is 2. The summed E-state index contributed by atoms with van der Waals surface area (Å²) >= 11 is 6.21. The van der Waals surface area contributed by atoms with Gasteiger partial charge in [-0.2, -0.15) is 0 Å². The van der Waals surface area contributed by atoms with Crippen LogP contribution in [0.3, 0.4) is 0 Å². The molecular weight excluding hydrogens is 220 g/mol. The Morgan fingerprint density at radius 1 is 1.38 bits per heavy atom. The van der Waals surface area contributed by atoms with Crippen molar-refractivity contribution in [3.8, 4) is 0 Å². The zero-order valence-corrected chi connectivity index (χ0v) is 10.9. The maximum absolute atomic E-state index is 6.21. The molecule has 1 aliphatic heterocycles. The van der Waals surface area contributed by atoms with Crippen LogP contribution in [-0.2, 0) is 6.42 Å². The van der Waals surface area contributed by atoms with Gasteiger partial charge in [0.2, 0.25) is 0 Å². The van der Waals surface area contributed by atoms with Gasteiger partial charge in [-0.15, -0.1) is 0 Å². The van der Waals surface area contributed by atoms with Crippen molar-refractivity contribution < 1.29 is 0 Å². The van der Waals surface area contributed by atoms with E-state index in [1.807, 2.05) is 12.1 Å². The van der Waals surface area contributed by atoms with Crippen molar-refractivity contribution in [3.63, 3.8) is 0 Å². The second-order valence-corrected chi connectivity index (χ2v) is 5.85. The van der Waals surface area contributed by atoms with Crippen molar-refractivity contribution in [1.29, 1.82) is 0 Å². The third kappa shape index (κ3) is 2.69. The van der Waals surface area contributed by atoms with Crippen LogP contribution in [0.4, 0.5) is 5.69 Å². The first-order valence-electron chi connectivity index (χ1n) is 5.75. The molecule has 1 aliphatic rings. The zero-order valence-electron chi connectivity index (χ0n) is 10.1. The molecule has 0 fully saturated rings. The lowest BCUT2D eigenvalue weighted by Gasteiger charge is -2.33. The molecule has 0 amide bonds. The van der Waals surface area contributed by atoms with Gasteiger partial charge in [-0.3, -0.25) is 0 Å². The Bertz CT molecular complexity index is 382. The maximum atomic E-state index is 6.21. The Morgan fingerprint density at radius 3 is 2.81 bits per heavy atom. The monoisotopic (exact) mass is 238 g/mol. The van der Waals surface area contributed by atoms with Gasteiger partial charge in [-0.1, -0.05) is 17.7 Å². The first-order valence-corrected chi connectivity index (χ1v) is 6.12. The molecule has 2 rings (SSSR count). The molecule has 0 saturated carbocycles. The van der Waals surface area contributed by atoms with Gasteiger partial charge in [0.15, 0.2) is 0 Å². The van der Waals surface area contributed by atoms with Crippen LogP contribution >= 0.6 is 11.6 Å². The summed E-state index contributed by atoms with van der Waals surface area (Å²) in [6.45, 7) is 7.53. The van der Waals surface area contributed by atoms with E-state index < -0.39 is 0 Å². The summed E-state index contributed by atoms with van der Waals surface area (Å²) < 4.78 is 0. The van der Waals surface area contributed by atoms with Crippen molar-refractivity contribution in [3.05, 3.63) is 28.8 Å². The van der Waals surface area contributed by atoms with Gasteiger partial charge in [0.05, 0.1) is 0 Å². The van der Waals surface area contributed by atoms with E-state index in [4.69, 9.17) is 11.6 Å². The molecule has 1 unspecified atom stereocenters. The van der Waals surface area contributed by atoms with Crippen LogP contribution in [0.2, 0.25) is 5.02 Å². The number of fused-ring (bicyclic) bond motifs is 1. The number of benzene rings is 1. The number of hydrogen-bond acceptors (Lipinski definition) is 2. The van der Waals surface area contributed by atoms with Crippen LogP contribution in [-0.4, -0.2) is 18.1 Å². The van der Waals surface area contributed by atoms with E-state index in [0.29, 0.717) is 6.04 Å². The van der Waals surface area contributed by atoms with E-state index in [2.05, 4.69) is 37.5 Å². The highest BCUT2D eigenvalue weighted by Crippen LogP contribution is 2.29. The van der Waals surface area contributed by atoms with Crippen molar-refractivity contribution >= 4 is 17.3 Å². The summed E-state index contributed by atoms with van der Waals surface area (Å²) in [5.41, 5.74) is 2.56. The molecule has 0 saturated heterocycles. The van der Waals surface area contributed by atoms with Gasteiger partial charge in [-0.25, -0.2) is 0 Å². The molecule has 1 atom stereocenters. The van der Waals surface area contributed by atoms with Crippen molar-refractivity contribution in [2.45, 2.75) is 38.8 Å². The van der Waals surface area contributed by atoms with Gasteiger partial charge >= 0.3 is 0 Å². The Hall–Kier alpha value is -0.730. The minimum absolute atomic E-state index is 0.144. The van der Waals surface area contributed by atoms with E-state index in [1.165, 1.54) is 11.3 Å². The predicted molar refractivity (Wildman–Crippen MR) is 70.3 cm³/mol. The number of nitrogens with one attached hydrogen (secondary N) is 2. The quantitative estimate of drug-likeness (QED) is 0.786. The molecule has 0 spiro atoms. The predicted octanol–water partition coefficient (Wildman–Crippen LogP) is 3.06. The van der Waals surface area contributed by atoms with Gasteiger partial charge in [0, 0.05) is 28.8 Å². The van der Waals surface area contributed by atoms with Gasteiger partial charge in [0.1, 0.15) is 0 Å². The average molecular weight is 239 g/mol. The highest BCUT2D eigenvalue weighted by molar-refractivity contribution is 6.31. The minimum Gasteiger partial charge on any atom is -0.383 e. The molecule has 16 heavy (non-hydrogen) atoms. The molecule has 1 aromatic carbocycles. The molecule has 3 heteroatoms. The van der Waals surface area contributed by atoms with E-state index >= 15 is 0 Å². The fourth-order valence-corrected chi connectivity index (χ4v) is 2.45. The van der Waals surface area contributed by atoms with Crippen LogP contribution in [0.15, 0.2) is 18.2 Å². The van der Waals surface area contributed by atoms with Crippen LogP contribution in [0.5, 0.6) is 0 Å². The lowest BCUT2D eigenvalue weighted by molar-refractivity contribution is 0.361. The Labute approximate surface area is 102 Å². The fourth-order valence-electron chi connectivity index (χ4n) is 2.20. The molecule has 0 aromatic heterocycles. The Morgan fingerprint density at radius 2 is 2.12 bits per heavy atom. The summed E-state index contributed by atoms with van der Waals surface area (Å²) in [6, 6.07) is 6.49. The van der Waals surface area contributed by atoms with Gasteiger partial charge < -0.3 is 10.6 Å². The van der Waals surface area contributed by atoms with Crippen molar-refractivity contribution in [2.24, 2.45) is 0 Å². The SMILES string of the molecule is CC(C)(C)NC1CNc2cccc(Cl)c2C1. The maximum Gasteiger partial charge on any atom is 0.0459 e. The van der Waals surface area contributed by atoms with Crippen LogP contribution in [0.25, 0.3) is 0 Å². The Kier molecular flexibility index (Phi) is 3.13. The Balaban J connectivity index is 2.14. The molecular formula is C13H19ClN2. The van der Waals surface area contributed by atoms with Crippen molar-refractivity contribution in [1.82, 2.24) is 5.32 Å². The molecule has 0 bridgehead atoms. The number of anilines is 1. The van der Waals surface area contributed by atoms with Gasteiger partial charge in [0.25, 0.3) is 0 Å². The normalized spacial score (nSPS) is 20.1. The van der Waals surface area contributed by atoms with Crippen molar-refractivity contribution in [2.75, 3.05) is 11.9 Å². The summed E-state index contributed by atoms with van der Waals surface area (Å²) in [5.74, 6) is 0. The smallest absolute Gasteiger partial charge is 0.0459 e. The first kappa shape index (κ1) is 11.7. The molecule has 1 heterocycles. The molecule has 0 aliphatic carbocycles. The summed E-state index contributed by atoms with van der Waals surface area (Å²) in [7, 11) is 0. The highest BCUT2D eigenvalue weighted by atomic mass is 35.5. The molecule has 2 nitrogen and oxygen atoms in total. The third-order valence-corrected chi connectivity index (χ3v) is 3.10.